The third-order valence-corrected chi connectivity index (χ3v) is 1.74. The van der Waals surface area contributed by atoms with E-state index in [2.05, 4.69) is 9.97 Å². The van der Waals surface area contributed by atoms with Gasteiger partial charge in [0.25, 0.3) is 0 Å². The van der Waals surface area contributed by atoms with Crippen molar-refractivity contribution in [1.82, 2.24) is 9.97 Å². The molecule has 0 spiro atoms. The van der Waals surface area contributed by atoms with Crippen molar-refractivity contribution in [3.8, 4) is 12.1 Å². The molecule has 0 unspecified atom stereocenters. The Kier molecular flexibility index (Phi) is 5.64. The number of nitrogens with zero attached hydrogens (tertiary/aromatic N) is 3. The van der Waals surface area contributed by atoms with Gasteiger partial charge in [-0.25, -0.2) is 4.98 Å². The first-order valence-electron chi connectivity index (χ1n) is 4.84. The van der Waals surface area contributed by atoms with Gasteiger partial charge < -0.3 is 14.5 Å². The van der Waals surface area contributed by atoms with Crippen molar-refractivity contribution in [2.24, 2.45) is 0 Å². The summed E-state index contributed by atoms with van der Waals surface area (Å²) in [7, 11) is 0. The van der Waals surface area contributed by atoms with E-state index in [1.807, 2.05) is 12.1 Å². The van der Waals surface area contributed by atoms with Gasteiger partial charge in [-0.3, -0.25) is 0 Å². The molecule has 1 N–H and O–H groups in total. The van der Waals surface area contributed by atoms with E-state index in [1.54, 1.807) is 6.20 Å². The number of ether oxygens (including phenoxy) is 2. The summed E-state index contributed by atoms with van der Waals surface area (Å²) in [4.78, 5) is 6.72. The first-order chi connectivity index (χ1) is 7.88. The Morgan fingerprint density at radius 2 is 1.88 bits per heavy atom. The fourth-order valence-corrected chi connectivity index (χ4v) is 1.05. The highest BCUT2D eigenvalue weighted by Crippen LogP contribution is 2.16. The molecule has 6 nitrogen and oxygen atoms in total. The Morgan fingerprint density at radius 3 is 2.31 bits per heavy atom. The second kappa shape index (κ2) is 7.41. The molecule has 0 atom stereocenters. The van der Waals surface area contributed by atoms with Gasteiger partial charge in [-0.1, -0.05) is 0 Å². The van der Waals surface area contributed by atoms with Crippen molar-refractivity contribution >= 4 is 0 Å². The van der Waals surface area contributed by atoms with Gasteiger partial charge in [-0.2, -0.15) is 10.5 Å². The van der Waals surface area contributed by atoms with Crippen LogP contribution in [0.15, 0.2) is 12.5 Å². The fraction of sp³-hybridized carbons (Fsp3) is 0.500. The summed E-state index contributed by atoms with van der Waals surface area (Å²) in [6, 6.07) is 3.95. The highest BCUT2D eigenvalue weighted by atomic mass is 16.7. The summed E-state index contributed by atoms with van der Waals surface area (Å²) >= 11 is 0. The van der Waals surface area contributed by atoms with Crippen molar-refractivity contribution in [3.63, 3.8) is 0 Å². The number of aromatic amines is 1. The van der Waals surface area contributed by atoms with Crippen LogP contribution in [0.5, 0.6) is 0 Å². The zero-order valence-electron chi connectivity index (χ0n) is 8.72. The Hall–Kier alpha value is -1.89. The van der Waals surface area contributed by atoms with E-state index < -0.39 is 6.29 Å². The van der Waals surface area contributed by atoms with E-state index in [4.69, 9.17) is 20.0 Å². The molecule has 0 saturated heterocycles. The molecule has 6 heteroatoms. The standard InChI is InChI=1S/C10H12N4O2/c11-3-1-5-15-10(16-6-2-4-12)9-7-13-8-14-9/h7-8,10H,1-2,5-6H2,(H,13,14). The third kappa shape index (κ3) is 4.09. The normalized spacial score (nSPS) is 9.94. The molecule has 1 heterocycles. The number of nitrogens with one attached hydrogen (secondary N) is 1. The van der Waals surface area contributed by atoms with E-state index in [-0.39, 0.29) is 13.2 Å². The van der Waals surface area contributed by atoms with Crippen molar-refractivity contribution in [1.29, 1.82) is 10.5 Å². The zero-order chi connectivity index (χ0) is 11.6. The van der Waals surface area contributed by atoms with Crippen LogP contribution in [-0.4, -0.2) is 23.2 Å². The molecule has 1 aromatic heterocycles. The minimum Gasteiger partial charge on any atom is -0.346 e. The van der Waals surface area contributed by atoms with Crippen molar-refractivity contribution in [2.45, 2.75) is 19.1 Å². The molecule has 0 amide bonds. The van der Waals surface area contributed by atoms with E-state index in [9.17, 15) is 0 Å². The lowest BCUT2D eigenvalue weighted by Crippen LogP contribution is -2.11. The molecule has 0 fully saturated rings. The molecule has 0 aliphatic rings. The monoisotopic (exact) mass is 220 g/mol. The summed E-state index contributed by atoms with van der Waals surface area (Å²) in [5.41, 5.74) is 0.677. The maximum Gasteiger partial charge on any atom is 0.200 e. The Bertz CT molecular complexity index is 343. The number of hydrogen-bond acceptors (Lipinski definition) is 5. The number of H-pyrrole nitrogens is 1. The molecule has 84 valence electrons. The fourth-order valence-electron chi connectivity index (χ4n) is 1.05. The molecule has 0 saturated carbocycles. The summed E-state index contributed by atoms with van der Waals surface area (Å²) in [5, 5.41) is 16.8. The third-order valence-electron chi connectivity index (χ3n) is 1.74. The van der Waals surface area contributed by atoms with Crippen LogP contribution in [0.2, 0.25) is 0 Å². The quantitative estimate of drug-likeness (QED) is 0.551. The lowest BCUT2D eigenvalue weighted by molar-refractivity contribution is -0.146. The molecular formula is C10H12N4O2. The largest absolute Gasteiger partial charge is 0.346 e. The first kappa shape index (κ1) is 12.2. The Morgan fingerprint density at radius 1 is 1.25 bits per heavy atom. The van der Waals surface area contributed by atoms with Gasteiger partial charge in [-0.05, 0) is 0 Å². The number of nitriles is 2. The highest BCUT2D eigenvalue weighted by molar-refractivity contribution is 4.96. The molecule has 0 aliphatic carbocycles. The molecule has 1 aromatic rings. The summed E-state index contributed by atoms with van der Waals surface area (Å²) in [5.74, 6) is 0. The molecule has 0 aromatic carbocycles. The predicted molar refractivity (Wildman–Crippen MR) is 53.7 cm³/mol. The number of hydrogen-bond donors (Lipinski definition) is 1. The first-order valence-corrected chi connectivity index (χ1v) is 4.84. The van der Waals surface area contributed by atoms with E-state index >= 15 is 0 Å². The number of imidazole rings is 1. The highest BCUT2D eigenvalue weighted by Gasteiger charge is 2.13. The minimum absolute atomic E-state index is 0.284. The average molecular weight is 220 g/mol. The van der Waals surface area contributed by atoms with E-state index in [0.717, 1.165) is 0 Å². The van der Waals surface area contributed by atoms with Crippen LogP contribution in [-0.2, 0) is 9.47 Å². The van der Waals surface area contributed by atoms with Crippen molar-refractivity contribution in [3.05, 3.63) is 18.2 Å². The van der Waals surface area contributed by atoms with Crippen LogP contribution in [0.3, 0.4) is 0 Å². The second-order valence-corrected chi connectivity index (χ2v) is 2.90. The van der Waals surface area contributed by atoms with Crippen LogP contribution < -0.4 is 0 Å². The lowest BCUT2D eigenvalue weighted by Gasteiger charge is -2.15. The SMILES string of the molecule is N#CCCOC(OCCC#N)c1cnc[nH]1. The van der Waals surface area contributed by atoms with Gasteiger partial charge in [0.15, 0.2) is 0 Å². The van der Waals surface area contributed by atoms with Gasteiger partial charge in [0, 0.05) is 0 Å². The number of aromatic nitrogens is 2. The Labute approximate surface area is 93.4 Å². The maximum atomic E-state index is 8.39. The predicted octanol–water partition coefficient (Wildman–Crippen LogP) is 1.27. The van der Waals surface area contributed by atoms with Gasteiger partial charge >= 0.3 is 0 Å². The van der Waals surface area contributed by atoms with Crippen LogP contribution in [0, 0.1) is 22.7 Å². The molecule has 0 aliphatic heterocycles. The Balaban J connectivity index is 2.43. The molecule has 0 bridgehead atoms. The molecular weight excluding hydrogens is 208 g/mol. The lowest BCUT2D eigenvalue weighted by atomic mass is 10.4. The minimum atomic E-state index is -0.593. The topological polar surface area (TPSA) is 94.7 Å². The average Bonchev–Trinajstić information content (AvgIpc) is 2.81. The van der Waals surface area contributed by atoms with Crippen molar-refractivity contribution < 1.29 is 9.47 Å². The van der Waals surface area contributed by atoms with Crippen LogP contribution in [0.25, 0.3) is 0 Å². The van der Waals surface area contributed by atoms with Crippen molar-refractivity contribution in [2.75, 3.05) is 13.2 Å². The van der Waals surface area contributed by atoms with E-state index in [0.29, 0.717) is 18.5 Å². The second-order valence-electron chi connectivity index (χ2n) is 2.90. The van der Waals surface area contributed by atoms with Gasteiger partial charge in [-0.15, -0.1) is 0 Å². The summed E-state index contributed by atoms with van der Waals surface area (Å²) in [6.07, 6.45) is 3.11. The summed E-state index contributed by atoms with van der Waals surface area (Å²) in [6.45, 7) is 0.569. The van der Waals surface area contributed by atoms with E-state index in [1.165, 1.54) is 6.33 Å². The van der Waals surface area contributed by atoms with Gasteiger partial charge in [0.05, 0.1) is 56.4 Å². The van der Waals surface area contributed by atoms with Crippen LogP contribution in [0.4, 0.5) is 0 Å². The molecule has 16 heavy (non-hydrogen) atoms. The van der Waals surface area contributed by atoms with Gasteiger partial charge in [0.2, 0.25) is 6.29 Å². The van der Waals surface area contributed by atoms with Crippen LogP contribution >= 0.6 is 0 Å². The van der Waals surface area contributed by atoms with Gasteiger partial charge in [0.1, 0.15) is 0 Å². The zero-order valence-corrected chi connectivity index (χ0v) is 8.72. The number of rotatable bonds is 7. The maximum absolute atomic E-state index is 8.39. The van der Waals surface area contributed by atoms with Crippen LogP contribution in [0.1, 0.15) is 24.8 Å². The summed E-state index contributed by atoms with van der Waals surface area (Å²) < 4.78 is 10.7. The molecule has 0 radical (unpaired) electrons. The molecule has 1 rings (SSSR count). The smallest absolute Gasteiger partial charge is 0.200 e.